The van der Waals surface area contributed by atoms with Gasteiger partial charge < -0.3 is 14.8 Å². The summed E-state index contributed by atoms with van der Waals surface area (Å²) >= 11 is 0. The summed E-state index contributed by atoms with van der Waals surface area (Å²) in [6, 6.07) is 6.74. The van der Waals surface area contributed by atoms with Crippen molar-refractivity contribution in [2.24, 2.45) is 0 Å². The Balaban J connectivity index is 1.94. The van der Waals surface area contributed by atoms with E-state index < -0.39 is 64.6 Å². The van der Waals surface area contributed by atoms with Crippen LogP contribution in [0.5, 0.6) is 5.75 Å². The predicted molar refractivity (Wildman–Crippen MR) is 116 cm³/mol. The lowest BCUT2D eigenvalue weighted by molar-refractivity contribution is -0.306. The topological polar surface area (TPSA) is 114 Å². The number of anilines is 2. The summed E-state index contributed by atoms with van der Waals surface area (Å²) in [5.74, 6) is -1.28. The van der Waals surface area contributed by atoms with Gasteiger partial charge in [-0.1, -0.05) is 0 Å². The van der Waals surface area contributed by atoms with Gasteiger partial charge >= 0.3 is 18.4 Å². The number of ether oxygens (including phenoxy) is 2. The number of amides is 2. The minimum atomic E-state index is -5.94. The second kappa shape index (κ2) is 10.5. The molecule has 0 unspecified atom stereocenters. The maximum Gasteiger partial charge on any atom is 0.434 e. The Morgan fingerprint density at radius 1 is 1.08 bits per heavy atom. The zero-order valence-electron chi connectivity index (χ0n) is 19.1. The van der Waals surface area contributed by atoms with E-state index in [9.17, 15) is 48.7 Å². The summed E-state index contributed by atoms with van der Waals surface area (Å²) in [6.07, 6.45) is -19.3. The van der Waals surface area contributed by atoms with E-state index >= 15 is 0 Å². The molecule has 0 aliphatic carbocycles. The summed E-state index contributed by atoms with van der Waals surface area (Å²) in [6.45, 7) is 0.668. The van der Waals surface area contributed by atoms with E-state index in [4.69, 9.17) is 4.74 Å². The molecule has 0 saturated carbocycles. The molecule has 2 amide bonds. The maximum atomic E-state index is 13.3. The van der Waals surface area contributed by atoms with Crippen LogP contribution in [0.3, 0.4) is 0 Å². The van der Waals surface area contributed by atoms with Crippen LogP contribution in [0, 0.1) is 5.82 Å². The molecule has 1 aliphatic rings. The van der Waals surface area contributed by atoms with Crippen molar-refractivity contribution in [2.75, 3.05) is 22.7 Å². The number of rotatable bonds is 6. The van der Waals surface area contributed by atoms with E-state index in [0.29, 0.717) is 0 Å². The van der Waals surface area contributed by atoms with Gasteiger partial charge in [-0.2, -0.15) is 26.3 Å². The molecule has 2 N–H and O–H groups in total. The van der Waals surface area contributed by atoms with Crippen molar-refractivity contribution in [2.45, 2.75) is 36.4 Å². The molecule has 38 heavy (non-hydrogen) atoms. The molecule has 3 rings (SSSR count). The van der Waals surface area contributed by atoms with Crippen LogP contribution >= 0.6 is 0 Å². The molecule has 0 bridgehead atoms. The summed E-state index contributed by atoms with van der Waals surface area (Å²) in [7, 11) is -4.43. The van der Waals surface area contributed by atoms with Crippen LogP contribution in [-0.4, -0.2) is 58.1 Å². The Morgan fingerprint density at radius 2 is 1.68 bits per heavy atom. The number of hydrogen-bond donors (Lipinski definition) is 2. The Labute approximate surface area is 210 Å². The van der Waals surface area contributed by atoms with Crippen molar-refractivity contribution < 1.29 is 58.2 Å². The number of halogens is 7. The Bertz CT molecular complexity index is 1290. The third-order valence-electron chi connectivity index (χ3n) is 4.94. The third kappa shape index (κ3) is 6.76. The summed E-state index contributed by atoms with van der Waals surface area (Å²) in [4.78, 5) is 22.8. The zero-order chi connectivity index (χ0) is 28.5. The Morgan fingerprint density at radius 3 is 2.24 bits per heavy atom. The largest absolute Gasteiger partial charge is 0.484 e. The van der Waals surface area contributed by atoms with E-state index in [1.54, 1.807) is 5.32 Å². The molecule has 0 aromatic heterocycles. The number of carbonyl (C=O) groups excluding carboxylic acids is 2. The molecular formula is C21H18F7N3O6S. The highest BCUT2D eigenvalue weighted by Crippen LogP contribution is 2.40. The summed E-state index contributed by atoms with van der Waals surface area (Å²) in [5, 5.41) is 4.15. The standard InChI is InChI=1S/C21H18F7N3O6S/c1-11(32)29-9-14-10-31(38(34,35)15-5-2-12(22)3-6-15)16-8-13(4-7-17(16)36-14)30-19(33)37-18(20(23,24)25)21(26,27)28/h2-8,14,18H,9-10H2,1H3,(H,29,32)(H,30,33)/t14-/m0/s1. The van der Waals surface area contributed by atoms with Crippen LogP contribution in [0.15, 0.2) is 47.4 Å². The lowest BCUT2D eigenvalue weighted by atomic mass is 10.2. The number of sulfonamides is 1. The van der Waals surface area contributed by atoms with Crippen molar-refractivity contribution in [3.8, 4) is 5.75 Å². The molecule has 1 aliphatic heterocycles. The first kappa shape index (κ1) is 28.8. The van der Waals surface area contributed by atoms with Gasteiger partial charge in [0.1, 0.15) is 17.7 Å². The average Bonchev–Trinajstić information content (AvgIpc) is 2.79. The molecule has 2 aromatic rings. The molecule has 9 nitrogen and oxygen atoms in total. The number of nitrogens with one attached hydrogen (secondary N) is 2. The second-order valence-corrected chi connectivity index (χ2v) is 9.71. The van der Waals surface area contributed by atoms with E-state index in [0.717, 1.165) is 46.8 Å². The zero-order valence-corrected chi connectivity index (χ0v) is 19.9. The highest BCUT2D eigenvalue weighted by atomic mass is 32.2. The van der Waals surface area contributed by atoms with Crippen LogP contribution < -0.4 is 19.7 Å². The number of benzene rings is 2. The summed E-state index contributed by atoms with van der Waals surface area (Å²) in [5.41, 5.74) is -0.686. The van der Waals surface area contributed by atoms with Crippen LogP contribution in [0.2, 0.25) is 0 Å². The van der Waals surface area contributed by atoms with E-state index in [2.05, 4.69) is 10.1 Å². The summed E-state index contributed by atoms with van der Waals surface area (Å²) < 4.78 is 126. The number of hydrogen-bond acceptors (Lipinski definition) is 6. The van der Waals surface area contributed by atoms with Gasteiger partial charge in [0.15, 0.2) is 0 Å². The number of fused-ring (bicyclic) bond motifs is 1. The van der Waals surface area contributed by atoms with Gasteiger partial charge in [0.25, 0.3) is 16.1 Å². The molecule has 0 radical (unpaired) electrons. The molecule has 1 heterocycles. The van der Waals surface area contributed by atoms with Crippen LogP contribution in [-0.2, 0) is 19.6 Å². The minimum absolute atomic E-state index is 0.111. The van der Waals surface area contributed by atoms with Crippen molar-refractivity contribution in [3.05, 3.63) is 48.3 Å². The van der Waals surface area contributed by atoms with E-state index in [-0.39, 0.29) is 22.9 Å². The molecule has 2 aromatic carbocycles. The molecule has 17 heteroatoms. The highest BCUT2D eigenvalue weighted by Gasteiger charge is 2.60. The predicted octanol–water partition coefficient (Wildman–Crippen LogP) is 3.96. The van der Waals surface area contributed by atoms with Gasteiger partial charge in [0, 0.05) is 12.6 Å². The first-order valence-electron chi connectivity index (χ1n) is 10.4. The second-order valence-electron chi connectivity index (χ2n) is 7.84. The Hall–Kier alpha value is -3.76. The minimum Gasteiger partial charge on any atom is -0.484 e. The SMILES string of the molecule is CC(=O)NC[C@H]1CN(S(=O)(=O)c2ccc(F)cc2)c2cc(NC(=O)OC(C(F)(F)F)C(F)(F)F)ccc2O1. The molecule has 0 fully saturated rings. The average molecular weight is 573 g/mol. The van der Waals surface area contributed by atoms with Crippen LogP contribution in [0.25, 0.3) is 0 Å². The van der Waals surface area contributed by atoms with Gasteiger partial charge in [-0.15, -0.1) is 0 Å². The van der Waals surface area contributed by atoms with E-state index in [1.807, 2.05) is 0 Å². The fraction of sp³-hybridized carbons (Fsp3) is 0.333. The lowest BCUT2D eigenvalue weighted by Gasteiger charge is -2.35. The first-order chi connectivity index (χ1) is 17.5. The van der Waals surface area contributed by atoms with Crippen molar-refractivity contribution in [1.82, 2.24) is 5.32 Å². The van der Waals surface area contributed by atoms with Gasteiger partial charge in [-0.05, 0) is 42.5 Å². The van der Waals surface area contributed by atoms with Gasteiger partial charge in [0.2, 0.25) is 5.91 Å². The molecular weight excluding hydrogens is 555 g/mol. The van der Waals surface area contributed by atoms with Crippen molar-refractivity contribution in [1.29, 1.82) is 0 Å². The van der Waals surface area contributed by atoms with Gasteiger partial charge in [0.05, 0.1) is 23.7 Å². The van der Waals surface area contributed by atoms with Gasteiger partial charge in [-0.3, -0.25) is 14.4 Å². The Kier molecular flexibility index (Phi) is 7.99. The fourth-order valence-corrected chi connectivity index (χ4v) is 4.79. The fourth-order valence-electron chi connectivity index (χ4n) is 3.29. The monoisotopic (exact) mass is 573 g/mol. The molecule has 0 saturated heterocycles. The van der Waals surface area contributed by atoms with Crippen molar-refractivity contribution >= 4 is 33.4 Å². The maximum absolute atomic E-state index is 13.3. The quantitative estimate of drug-likeness (QED) is 0.506. The van der Waals surface area contributed by atoms with Gasteiger partial charge in [-0.25, -0.2) is 17.6 Å². The van der Waals surface area contributed by atoms with Crippen LogP contribution in [0.4, 0.5) is 46.9 Å². The normalized spacial score (nSPS) is 15.9. The number of nitrogens with zero attached hydrogens (tertiary/aromatic N) is 1. The number of alkyl halides is 6. The highest BCUT2D eigenvalue weighted by molar-refractivity contribution is 7.92. The van der Waals surface area contributed by atoms with Crippen molar-refractivity contribution in [3.63, 3.8) is 0 Å². The molecule has 0 spiro atoms. The number of carbonyl (C=O) groups is 2. The molecule has 208 valence electrons. The van der Waals surface area contributed by atoms with Crippen LogP contribution in [0.1, 0.15) is 6.92 Å². The third-order valence-corrected chi connectivity index (χ3v) is 6.73. The molecule has 1 atom stereocenters. The van der Waals surface area contributed by atoms with E-state index in [1.165, 1.54) is 6.92 Å². The lowest BCUT2D eigenvalue weighted by Crippen LogP contribution is -2.48. The first-order valence-corrected chi connectivity index (χ1v) is 11.9. The smallest absolute Gasteiger partial charge is 0.434 e.